The van der Waals surface area contributed by atoms with E-state index in [9.17, 15) is 10.2 Å². The van der Waals surface area contributed by atoms with E-state index in [0.717, 1.165) is 43.9 Å². The third-order valence-corrected chi connectivity index (χ3v) is 5.22. The molecule has 8 N–H and O–H groups in total. The molecule has 1 heterocycles. The highest BCUT2D eigenvalue weighted by Gasteiger charge is 2.22. The zero-order chi connectivity index (χ0) is 23.8. The van der Waals surface area contributed by atoms with E-state index in [-0.39, 0.29) is 16.9 Å². The molecule has 1 aliphatic rings. The number of aromatic hydroxyl groups is 2. The average molecular weight is 467 g/mol. The number of hydrogen-bond acceptors (Lipinski definition) is 7. The van der Waals surface area contributed by atoms with Gasteiger partial charge in [0.1, 0.15) is 11.5 Å². The van der Waals surface area contributed by atoms with Crippen molar-refractivity contribution in [1.29, 1.82) is 0 Å². The molecule has 0 spiro atoms. The van der Waals surface area contributed by atoms with E-state index in [2.05, 4.69) is 24.5 Å². The summed E-state index contributed by atoms with van der Waals surface area (Å²) in [6.07, 6.45) is 0.400. The molecule has 0 bridgehead atoms. The summed E-state index contributed by atoms with van der Waals surface area (Å²) >= 11 is 5.27. The number of alkyl halides is 1. The minimum Gasteiger partial charge on any atom is -0.508 e. The maximum atomic E-state index is 9.30. The molecular weight excluding hydrogens is 428 g/mol. The van der Waals surface area contributed by atoms with E-state index in [4.69, 9.17) is 27.8 Å². The second kappa shape index (κ2) is 15.9. The number of hydrogen-bond donors (Lipinski definition) is 6. The van der Waals surface area contributed by atoms with Gasteiger partial charge < -0.3 is 37.1 Å². The lowest BCUT2D eigenvalue weighted by Gasteiger charge is -2.26. The van der Waals surface area contributed by atoms with Gasteiger partial charge in [0.2, 0.25) is 0 Å². The van der Waals surface area contributed by atoms with E-state index in [0.29, 0.717) is 25.1 Å². The van der Waals surface area contributed by atoms with Crippen LogP contribution >= 0.6 is 11.6 Å². The highest BCUT2D eigenvalue weighted by molar-refractivity contribution is 6.18. The van der Waals surface area contributed by atoms with Gasteiger partial charge in [-0.3, -0.25) is 0 Å². The Morgan fingerprint density at radius 1 is 0.844 bits per heavy atom. The van der Waals surface area contributed by atoms with Crippen molar-refractivity contribution in [1.82, 2.24) is 10.6 Å². The molecule has 1 saturated heterocycles. The van der Waals surface area contributed by atoms with Crippen LogP contribution in [0.5, 0.6) is 11.5 Å². The summed E-state index contributed by atoms with van der Waals surface area (Å²) in [7, 11) is 0. The van der Waals surface area contributed by atoms with Crippen molar-refractivity contribution in [3.05, 3.63) is 59.7 Å². The molecule has 32 heavy (non-hydrogen) atoms. The number of ether oxygens (including phenoxy) is 1. The number of epoxide rings is 1. The number of nitrogens with one attached hydrogen (secondary N) is 2. The zero-order valence-electron chi connectivity index (χ0n) is 19.2. The van der Waals surface area contributed by atoms with Crippen molar-refractivity contribution in [2.24, 2.45) is 11.5 Å². The van der Waals surface area contributed by atoms with Gasteiger partial charge >= 0.3 is 0 Å². The fourth-order valence-corrected chi connectivity index (χ4v) is 2.89. The summed E-state index contributed by atoms with van der Waals surface area (Å²) in [5, 5.41) is 24.9. The Morgan fingerprint density at radius 3 is 1.47 bits per heavy atom. The first-order valence-electron chi connectivity index (χ1n) is 10.9. The van der Waals surface area contributed by atoms with Crippen molar-refractivity contribution in [2.75, 3.05) is 51.8 Å². The van der Waals surface area contributed by atoms with Gasteiger partial charge in [-0.05, 0) is 35.4 Å². The summed E-state index contributed by atoms with van der Waals surface area (Å²) < 4.78 is 4.73. The van der Waals surface area contributed by atoms with Gasteiger partial charge in [0, 0.05) is 44.7 Å². The molecule has 180 valence electrons. The molecule has 8 heteroatoms. The molecule has 0 saturated carbocycles. The first-order valence-corrected chi connectivity index (χ1v) is 11.5. The molecule has 0 aromatic heterocycles. The largest absolute Gasteiger partial charge is 0.508 e. The van der Waals surface area contributed by atoms with Crippen LogP contribution in [0.15, 0.2) is 48.5 Å². The molecule has 1 fully saturated rings. The van der Waals surface area contributed by atoms with E-state index >= 15 is 0 Å². The van der Waals surface area contributed by atoms with Crippen molar-refractivity contribution >= 4 is 11.6 Å². The lowest BCUT2D eigenvalue weighted by molar-refractivity contribution is 0.425. The summed E-state index contributed by atoms with van der Waals surface area (Å²) in [4.78, 5) is 0. The summed E-state index contributed by atoms with van der Waals surface area (Å²) in [5.74, 6) is 1.21. The summed E-state index contributed by atoms with van der Waals surface area (Å²) in [6.45, 7) is 10.2. The van der Waals surface area contributed by atoms with Crippen molar-refractivity contribution < 1.29 is 14.9 Å². The molecule has 1 aliphatic heterocycles. The molecular formula is C24H39ClN4O3. The lowest BCUT2D eigenvalue weighted by atomic mass is 9.78. The number of rotatable bonds is 10. The van der Waals surface area contributed by atoms with Gasteiger partial charge in [0.05, 0.1) is 18.6 Å². The summed E-state index contributed by atoms with van der Waals surface area (Å²) in [5.41, 5.74) is 12.6. The highest BCUT2D eigenvalue weighted by atomic mass is 35.5. The number of phenols is 2. The maximum absolute atomic E-state index is 9.30. The minimum atomic E-state index is -0.151. The quantitative estimate of drug-likeness (QED) is 0.180. The number of halogens is 1. The van der Waals surface area contributed by atoms with Crippen LogP contribution in [-0.2, 0) is 10.2 Å². The Balaban J connectivity index is 0.000000287. The van der Waals surface area contributed by atoms with Crippen LogP contribution in [-0.4, -0.2) is 68.1 Å². The Kier molecular flexibility index (Phi) is 14.0. The highest BCUT2D eigenvalue weighted by Crippen LogP contribution is 2.32. The van der Waals surface area contributed by atoms with Crippen LogP contribution in [0.1, 0.15) is 25.0 Å². The standard InChI is InChI=1S/C15H16O2.C6H18N4.C3H5ClO/c1-15(2,11-3-7-13(16)8-4-11)12-5-9-14(17)10-6-12;7-1-3-9-5-6-10-4-2-8;4-1-3-2-5-3/h3-10,16-17H,1-2H3;9-10H,1-8H2;3H,1-2H2. The zero-order valence-corrected chi connectivity index (χ0v) is 19.9. The van der Waals surface area contributed by atoms with Crippen LogP contribution in [0.3, 0.4) is 0 Å². The van der Waals surface area contributed by atoms with Gasteiger partial charge in [-0.25, -0.2) is 0 Å². The van der Waals surface area contributed by atoms with E-state index < -0.39 is 0 Å². The average Bonchev–Trinajstić information content (AvgIpc) is 3.63. The monoisotopic (exact) mass is 466 g/mol. The third-order valence-electron chi connectivity index (χ3n) is 4.87. The van der Waals surface area contributed by atoms with Gasteiger partial charge in [0.15, 0.2) is 0 Å². The van der Waals surface area contributed by atoms with E-state index in [1.165, 1.54) is 0 Å². The Hall–Kier alpha value is -1.87. The molecule has 1 atom stereocenters. The molecule has 0 amide bonds. The topological polar surface area (TPSA) is 129 Å². The van der Waals surface area contributed by atoms with Crippen LogP contribution < -0.4 is 22.1 Å². The van der Waals surface area contributed by atoms with Crippen LogP contribution in [0.2, 0.25) is 0 Å². The normalized spacial score (nSPS) is 14.6. The van der Waals surface area contributed by atoms with Gasteiger partial charge in [-0.1, -0.05) is 38.1 Å². The number of phenolic OH excluding ortho intramolecular Hbond substituents is 2. The van der Waals surface area contributed by atoms with Crippen LogP contribution in [0.25, 0.3) is 0 Å². The van der Waals surface area contributed by atoms with Crippen molar-refractivity contribution in [3.63, 3.8) is 0 Å². The predicted molar refractivity (Wildman–Crippen MR) is 133 cm³/mol. The van der Waals surface area contributed by atoms with Gasteiger partial charge in [-0.15, -0.1) is 11.6 Å². The van der Waals surface area contributed by atoms with E-state index in [1.807, 2.05) is 24.3 Å². The molecule has 7 nitrogen and oxygen atoms in total. The lowest BCUT2D eigenvalue weighted by Crippen LogP contribution is -2.32. The maximum Gasteiger partial charge on any atom is 0.115 e. The van der Waals surface area contributed by atoms with Gasteiger partial charge in [0.25, 0.3) is 0 Å². The molecule has 3 rings (SSSR count). The Labute approximate surface area is 197 Å². The van der Waals surface area contributed by atoms with Gasteiger partial charge in [-0.2, -0.15) is 0 Å². The first kappa shape index (κ1) is 28.2. The fraction of sp³-hybridized carbons (Fsp3) is 0.500. The van der Waals surface area contributed by atoms with Crippen LogP contribution in [0, 0.1) is 0 Å². The molecule has 2 aromatic carbocycles. The third kappa shape index (κ3) is 11.7. The Bertz CT molecular complexity index is 668. The van der Waals surface area contributed by atoms with Crippen LogP contribution in [0.4, 0.5) is 0 Å². The smallest absolute Gasteiger partial charge is 0.115 e. The first-order chi connectivity index (χ1) is 15.3. The second-order valence-electron chi connectivity index (χ2n) is 7.91. The predicted octanol–water partition coefficient (Wildman–Crippen LogP) is 2.13. The number of nitrogens with two attached hydrogens (primary N) is 2. The van der Waals surface area contributed by atoms with E-state index in [1.54, 1.807) is 24.3 Å². The van der Waals surface area contributed by atoms with Crippen molar-refractivity contribution in [2.45, 2.75) is 25.4 Å². The number of benzene rings is 2. The Morgan fingerprint density at radius 2 is 1.22 bits per heavy atom. The molecule has 2 aromatic rings. The fourth-order valence-electron chi connectivity index (χ4n) is 2.71. The van der Waals surface area contributed by atoms with Crippen molar-refractivity contribution in [3.8, 4) is 11.5 Å². The minimum absolute atomic E-state index is 0.151. The second-order valence-corrected chi connectivity index (χ2v) is 8.21. The molecule has 1 unspecified atom stereocenters. The summed E-state index contributed by atoms with van der Waals surface area (Å²) in [6, 6.07) is 14.4. The molecule has 0 aliphatic carbocycles. The molecule has 0 radical (unpaired) electrons. The SMILES string of the molecule is CC(C)(c1ccc(O)cc1)c1ccc(O)cc1.ClCC1CO1.NCCNCCNCCN.